The summed E-state index contributed by atoms with van der Waals surface area (Å²) in [6.07, 6.45) is 0. The van der Waals surface area contributed by atoms with E-state index in [2.05, 4.69) is 16.6 Å². The Kier molecular flexibility index (Phi) is 3.71. The number of hydrogen-bond donors (Lipinski definition) is 1. The smallest absolute Gasteiger partial charge is 0.337 e. The number of benzene rings is 1. The molecule has 72 valence electrons. The summed E-state index contributed by atoms with van der Waals surface area (Å²) in [5.74, 6) is 5.20. The van der Waals surface area contributed by atoms with Gasteiger partial charge in [0.2, 0.25) is 0 Å². The molecule has 1 aromatic carbocycles. The van der Waals surface area contributed by atoms with Crippen molar-refractivity contribution < 1.29 is 9.53 Å². The van der Waals surface area contributed by atoms with Crippen LogP contribution in [0.1, 0.15) is 15.9 Å². The number of carbonyl (C=O) groups is 1. The molecule has 0 spiro atoms. The third-order valence-corrected chi connectivity index (χ3v) is 1.62. The monoisotopic (exact) mass is 189 g/mol. The number of methoxy groups -OCH3 is 1. The molecule has 0 saturated carbocycles. The highest BCUT2D eigenvalue weighted by molar-refractivity contribution is 5.89. The van der Waals surface area contributed by atoms with Crippen LogP contribution < -0.4 is 5.73 Å². The Morgan fingerprint density at radius 1 is 1.57 bits per heavy atom. The predicted octanol–water partition coefficient (Wildman–Crippen LogP) is 0.783. The summed E-state index contributed by atoms with van der Waals surface area (Å²) in [7, 11) is 1.35. The maximum absolute atomic E-state index is 11.1. The first-order valence-corrected chi connectivity index (χ1v) is 4.15. The number of rotatable bonds is 1. The van der Waals surface area contributed by atoms with E-state index in [1.165, 1.54) is 7.11 Å². The highest BCUT2D eigenvalue weighted by Gasteiger charge is 2.03. The van der Waals surface area contributed by atoms with E-state index in [1.807, 2.05) is 6.07 Å². The van der Waals surface area contributed by atoms with Crippen LogP contribution in [-0.4, -0.2) is 19.6 Å². The Labute approximate surface area is 82.9 Å². The topological polar surface area (TPSA) is 52.3 Å². The third-order valence-electron chi connectivity index (χ3n) is 1.62. The fraction of sp³-hybridized carbons (Fsp3) is 0.182. The molecule has 3 nitrogen and oxygen atoms in total. The first kappa shape index (κ1) is 10.3. The number of carbonyl (C=O) groups excluding carboxylic acids is 1. The molecule has 0 saturated heterocycles. The number of nitrogens with two attached hydrogens (primary N) is 1. The average Bonchev–Trinajstić information content (AvgIpc) is 2.25. The van der Waals surface area contributed by atoms with Crippen molar-refractivity contribution in [1.82, 2.24) is 0 Å². The van der Waals surface area contributed by atoms with Crippen molar-refractivity contribution in [3.63, 3.8) is 0 Å². The normalized spacial score (nSPS) is 8.71. The minimum absolute atomic E-state index is 0.308. The molecule has 0 amide bonds. The van der Waals surface area contributed by atoms with E-state index < -0.39 is 0 Å². The van der Waals surface area contributed by atoms with Crippen LogP contribution in [0.5, 0.6) is 0 Å². The molecule has 2 N–H and O–H groups in total. The van der Waals surface area contributed by atoms with Crippen LogP contribution in [0.2, 0.25) is 0 Å². The van der Waals surface area contributed by atoms with Crippen LogP contribution in [0.3, 0.4) is 0 Å². The van der Waals surface area contributed by atoms with Crippen molar-refractivity contribution in [2.75, 3.05) is 13.7 Å². The van der Waals surface area contributed by atoms with Gasteiger partial charge in [0.1, 0.15) is 0 Å². The SMILES string of the molecule is COC(=O)c1cccc(C#CCN)c1. The van der Waals surface area contributed by atoms with Gasteiger partial charge in [0.25, 0.3) is 0 Å². The molecular formula is C11H11NO2. The molecular weight excluding hydrogens is 178 g/mol. The van der Waals surface area contributed by atoms with Gasteiger partial charge in [-0.2, -0.15) is 0 Å². The molecule has 0 bridgehead atoms. The first-order valence-electron chi connectivity index (χ1n) is 4.15. The molecule has 1 rings (SSSR count). The van der Waals surface area contributed by atoms with Crippen LogP contribution in [0.15, 0.2) is 24.3 Å². The second-order valence-corrected chi connectivity index (χ2v) is 2.58. The third kappa shape index (κ3) is 2.61. The molecule has 0 aromatic heterocycles. The van der Waals surface area contributed by atoms with Crippen LogP contribution in [0, 0.1) is 11.8 Å². The van der Waals surface area contributed by atoms with Gasteiger partial charge in [-0.05, 0) is 18.2 Å². The Hall–Kier alpha value is -1.79. The standard InChI is InChI=1S/C11H11NO2/c1-14-11(13)10-6-2-4-9(8-10)5-3-7-12/h2,4,6,8H,7,12H2,1H3. The second kappa shape index (κ2) is 5.05. The van der Waals surface area contributed by atoms with Gasteiger partial charge in [-0.25, -0.2) is 4.79 Å². The molecule has 0 fully saturated rings. The fourth-order valence-corrected chi connectivity index (χ4v) is 0.995. The Bertz CT molecular complexity index is 388. The van der Waals surface area contributed by atoms with Gasteiger partial charge in [-0.15, -0.1) is 0 Å². The van der Waals surface area contributed by atoms with Gasteiger partial charge in [-0.3, -0.25) is 0 Å². The maximum Gasteiger partial charge on any atom is 0.337 e. The molecule has 0 radical (unpaired) electrons. The molecule has 1 aromatic rings. The lowest BCUT2D eigenvalue weighted by Gasteiger charge is -1.98. The number of hydrogen-bond acceptors (Lipinski definition) is 3. The minimum atomic E-state index is -0.360. The van der Waals surface area contributed by atoms with Gasteiger partial charge >= 0.3 is 5.97 Å². The Morgan fingerprint density at radius 2 is 2.36 bits per heavy atom. The lowest BCUT2D eigenvalue weighted by atomic mass is 10.1. The van der Waals surface area contributed by atoms with Crippen molar-refractivity contribution in [3.05, 3.63) is 35.4 Å². The largest absolute Gasteiger partial charge is 0.465 e. The zero-order valence-corrected chi connectivity index (χ0v) is 7.91. The van der Waals surface area contributed by atoms with E-state index >= 15 is 0 Å². The van der Waals surface area contributed by atoms with Crippen molar-refractivity contribution in [2.24, 2.45) is 5.73 Å². The summed E-state index contributed by atoms with van der Waals surface area (Å²) in [6.45, 7) is 0.308. The van der Waals surface area contributed by atoms with Gasteiger partial charge in [0, 0.05) is 5.56 Å². The van der Waals surface area contributed by atoms with E-state index in [1.54, 1.807) is 18.2 Å². The van der Waals surface area contributed by atoms with Crippen molar-refractivity contribution in [1.29, 1.82) is 0 Å². The highest BCUT2D eigenvalue weighted by atomic mass is 16.5. The Morgan fingerprint density at radius 3 is 3.00 bits per heavy atom. The number of ether oxygens (including phenoxy) is 1. The summed E-state index contributed by atoms with van der Waals surface area (Å²) in [4.78, 5) is 11.1. The van der Waals surface area contributed by atoms with Gasteiger partial charge < -0.3 is 10.5 Å². The predicted molar refractivity (Wildman–Crippen MR) is 53.7 cm³/mol. The van der Waals surface area contributed by atoms with Crippen LogP contribution in [0.4, 0.5) is 0 Å². The molecule has 3 heteroatoms. The van der Waals surface area contributed by atoms with Gasteiger partial charge in [0.05, 0.1) is 19.2 Å². The summed E-state index contributed by atoms with van der Waals surface area (Å²) in [5, 5.41) is 0. The van der Waals surface area contributed by atoms with E-state index in [0.717, 1.165) is 5.56 Å². The lowest BCUT2D eigenvalue weighted by Crippen LogP contribution is -2.01. The van der Waals surface area contributed by atoms with Gasteiger partial charge in [-0.1, -0.05) is 17.9 Å². The van der Waals surface area contributed by atoms with Crippen molar-refractivity contribution in [2.45, 2.75) is 0 Å². The van der Waals surface area contributed by atoms with Gasteiger partial charge in [0.15, 0.2) is 0 Å². The molecule has 0 aliphatic carbocycles. The fourth-order valence-electron chi connectivity index (χ4n) is 0.995. The van der Waals surface area contributed by atoms with Crippen LogP contribution in [0.25, 0.3) is 0 Å². The summed E-state index contributed by atoms with van der Waals surface area (Å²) >= 11 is 0. The summed E-state index contributed by atoms with van der Waals surface area (Å²) in [5.41, 5.74) is 6.49. The number of esters is 1. The lowest BCUT2D eigenvalue weighted by molar-refractivity contribution is 0.0600. The molecule has 14 heavy (non-hydrogen) atoms. The minimum Gasteiger partial charge on any atom is -0.465 e. The maximum atomic E-state index is 11.1. The first-order chi connectivity index (χ1) is 6.77. The Balaban J connectivity index is 2.95. The quantitative estimate of drug-likeness (QED) is 0.524. The van der Waals surface area contributed by atoms with Crippen LogP contribution in [-0.2, 0) is 4.74 Å². The second-order valence-electron chi connectivity index (χ2n) is 2.58. The average molecular weight is 189 g/mol. The van der Waals surface area contributed by atoms with Crippen LogP contribution >= 0.6 is 0 Å². The molecule has 0 heterocycles. The van der Waals surface area contributed by atoms with E-state index in [4.69, 9.17) is 5.73 Å². The zero-order chi connectivity index (χ0) is 10.4. The zero-order valence-electron chi connectivity index (χ0n) is 7.91. The summed E-state index contributed by atoms with van der Waals surface area (Å²) < 4.78 is 4.58. The highest BCUT2D eigenvalue weighted by Crippen LogP contribution is 2.05. The van der Waals surface area contributed by atoms with E-state index in [-0.39, 0.29) is 5.97 Å². The van der Waals surface area contributed by atoms with Crippen molar-refractivity contribution >= 4 is 5.97 Å². The molecule has 0 aliphatic rings. The summed E-state index contributed by atoms with van der Waals surface area (Å²) in [6, 6.07) is 6.93. The molecule has 0 unspecified atom stereocenters. The molecule has 0 aliphatic heterocycles. The molecule has 0 atom stereocenters. The van der Waals surface area contributed by atoms with Crippen molar-refractivity contribution in [3.8, 4) is 11.8 Å². The van der Waals surface area contributed by atoms with E-state index in [9.17, 15) is 4.79 Å². The van der Waals surface area contributed by atoms with E-state index in [0.29, 0.717) is 12.1 Å².